The molecule has 21 heavy (non-hydrogen) atoms. The maximum absolute atomic E-state index is 12.7. The Morgan fingerprint density at radius 1 is 1.29 bits per heavy atom. The molecule has 0 fully saturated rings. The molecule has 2 rings (SSSR count). The maximum Gasteiger partial charge on any atom is 0.435 e. The van der Waals surface area contributed by atoms with Gasteiger partial charge in [-0.05, 0) is 17.7 Å². The Hall–Kier alpha value is -2.38. The monoisotopic (exact) mass is 301 g/mol. The number of benzene rings is 1. The molecule has 112 valence electrons. The fourth-order valence-corrected chi connectivity index (χ4v) is 1.70. The summed E-state index contributed by atoms with van der Waals surface area (Å²) in [5.74, 6) is -1.01. The van der Waals surface area contributed by atoms with Gasteiger partial charge in [-0.3, -0.25) is 9.48 Å². The van der Waals surface area contributed by atoms with Crippen LogP contribution >= 0.6 is 0 Å². The van der Waals surface area contributed by atoms with Crippen LogP contribution in [0.2, 0.25) is 0 Å². The molecule has 0 saturated heterocycles. The third kappa shape index (κ3) is 3.80. The zero-order chi connectivity index (χ0) is 15.6. The summed E-state index contributed by atoms with van der Waals surface area (Å²) in [5, 5.41) is 5.61. The van der Waals surface area contributed by atoms with Crippen molar-refractivity contribution in [1.29, 1.82) is 0 Å². The van der Waals surface area contributed by atoms with Gasteiger partial charge in [0.15, 0.2) is 5.69 Å². The second kappa shape index (κ2) is 5.55. The van der Waals surface area contributed by atoms with Crippen LogP contribution in [0.3, 0.4) is 0 Å². The van der Waals surface area contributed by atoms with Crippen molar-refractivity contribution in [3.8, 4) is 0 Å². The second-order valence-corrected chi connectivity index (χ2v) is 4.39. The van der Waals surface area contributed by atoms with Crippen molar-refractivity contribution in [2.75, 3.05) is 5.32 Å². The molecule has 1 amide bonds. The molecule has 0 unspecified atom stereocenters. The number of carbonyl (C=O) groups is 1. The number of alkyl halides is 3. The maximum atomic E-state index is 12.7. The van der Waals surface area contributed by atoms with Crippen molar-refractivity contribution >= 4 is 11.7 Å². The van der Waals surface area contributed by atoms with Crippen LogP contribution in [0.25, 0.3) is 0 Å². The Morgan fingerprint density at radius 3 is 2.43 bits per heavy atom. The first-order chi connectivity index (χ1) is 9.75. The number of nitrogens with one attached hydrogen (secondary N) is 1. The minimum absolute atomic E-state index is 0.0607. The quantitative estimate of drug-likeness (QED) is 0.886. The lowest BCUT2D eigenvalue weighted by Gasteiger charge is -2.05. The molecular weight excluding hydrogens is 290 g/mol. The van der Waals surface area contributed by atoms with Crippen LogP contribution in [0.1, 0.15) is 11.3 Å². The number of nitrogens with zero attached hydrogens (tertiary/aromatic N) is 2. The lowest BCUT2D eigenvalue weighted by atomic mass is 10.1. The first-order valence-corrected chi connectivity index (χ1v) is 5.91. The number of hydrogen-bond donors (Lipinski definition) is 1. The van der Waals surface area contributed by atoms with Crippen LogP contribution in [0, 0.1) is 5.82 Å². The summed E-state index contributed by atoms with van der Waals surface area (Å²) < 4.78 is 51.1. The van der Waals surface area contributed by atoms with E-state index in [1.165, 1.54) is 31.3 Å². The summed E-state index contributed by atoms with van der Waals surface area (Å²) in [6, 6.07) is 6.02. The number of halogens is 4. The molecule has 1 heterocycles. The number of aryl methyl sites for hydroxylation is 1. The third-order valence-corrected chi connectivity index (χ3v) is 2.72. The van der Waals surface area contributed by atoms with Crippen molar-refractivity contribution < 1.29 is 22.4 Å². The molecule has 0 aliphatic carbocycles. The summed E-state index contributed by atoms with van der Waals surface area (Å²) in [6.45, 7) is 0. The van der Waals surface area contributed by atoms with Gasteiger partial charge in [0.1, 0.15) is 11.6 Å². The molecule has 0 aliphatic heterocycles. The van der Waals surface area contributed by atoms with E-state index in [1.54, 1.807) is 0 Å². The van der Waals surface area contributed by atoms with E-state index < -0.39 is 23.6 Å². The van der Waals surface area contributed by atoms with E-state index in [4.69, 9.17) is 0 Å². The van der Waals surface area contributed by atoms with Gasteiger partial charge in [0.2, 0.25) is 5.91 Å². The molecule has 8 heteroatoms. The van der Waals surface area contributed by atoms with Crippen molar-refractivity contribution in [3.05, 3.63) is 47.4 Å². The molecule has 2 aromatic rings. The lowest BCUT2D eigenvalue weighted by Crippen LogP contribution is -2.16. The highest BCUT2D eigenvalue weighted by molar-refractivity contribution is 5.91. The average Bonchev–Trinajstić information content (AvgIpc) is 2.74. The summed E-state index contributed by atoms with van der Waals surface area (Å²) in [6.07, 6.45) is -4.65. The Bertz CT molecular complexity index is 646. The standard InChI is InChI=1S/C13H11F4N3O/c1-20-11(7-10(19-20)13(15,16)17)18-12(21)6-8-2-4-9(14)5-3-8/h2-5,7H,6H2,1H3,(H,18,21). The van der Waals surface area contributed by atoms with E-state index in [-0.39, 0.29) is 12.2 Å². The topological polar surface area (TPSA) is 46.9 Å². The highest BCUT2D eigenvalue weighted by Crippen LogP contribution is 2.29. The average molecular weight is 301 g/mol. The van der Waals surface area contributed by atoms with E-state index >= 15 is 0 Å². The number of aromatic nitrogens is 2. The van der Waals surface area contributed by atoms with Crippen LogP contribution < -0.4 is 5.32 Å². The van der Waals surface area contributed by atoms with Gasteiger partial charge < -0.3 is 5.32 Å². The van der Waals surface area contributed by atoms with E-state index in [9.17, 15) is 22.4 Å². The predicted octanol–water partition coefficient (Wildman–Crippen LogP) is 2.76. The second-order valence-electron chi connectivity index (χ2n) is 4.39. The molecule has 0 aliphatic rings. The van der Waals surface area contributed by atoms with E-state index in [2.05, 4.69) is 10.4 Å². The highest BCUT2D eigenvalue weighted by Gasteiger charge is 2.34. The number of carbonyl (C=O) groups excluding carboxylic acids is 1. The van der Waals surface area contributed by atoms with Crippen molar-refractivity contribution in [2.24, 2.45) is 7.05 Å². The minimum Gasteiger partial charge on any atom is -0.311 e. The van der Waals surface area contributed by atoms with Gasteiger partial charge in [0.25, 0.3) is 0 Å². The predicted molar refractivity (Wildman–Crippen MR) is 66.9 cm³/mol. The highest BCUT2D eigenvalue weighted by atomic mass is 19.4. The minimum atomic E-state index is -4.57. The molecule has 0 spiro atoms. The Labute approximate surface area is 117 Å². The van der Waals surface area contributed by atoms with Gasteiger partial charge in [-0.2, -0.15) is 18.3 Å². The van der Waals surface area contributed by atoms with Crippen LogP contribution in [0.15, 0.2) is 30.3 Å². The number of hydrogen-bond acceptors (Lipinski definition) is 2. The summed E-state index contributed by atoms with van der Waals surface area (Å²) in [5.41, 5.74) is -0.533. The largest absolute Gasteiger partial charge is 0.435 e. The SMILES string of the molecule is Cn1nc(C(F)(F)F)cc1NC(=O)Cc1ccc(F)cc1. The zero-order valence-electron chi connectivity index (χ0n) is 10.9. The van der Waals surface area contributed by atoms with Crippen molar-refractivity contribution in [1.82, 2.24) is 9.78 Å². The Balaban J connectivity index is 2.06. The summed E-state index contributed by atoms with van der Waals surface area (Å²) >= 11 is 0. The fraction of sp³-hybridized carbons (Fsp3) is 0.231. The molecule has 1 aromatic heterocycles. The van der Waals surface area contributed by atoms with Crippen molar-refractivity contribution in [2.45, 2.75) is 12.6 Å². The van der Waals surface area contributed by atoms with Crippen molar-refractivity contribution in [3.63, 3.8) is 0 Å². The Morgan fingerprint density at radius 2 is 1.90 bits per heavy atom. The first kappa shape index (κ1) is 15.0. The van der Waals surface area contributed by atoms with Gasteiger partial charge in [-0.15, -0.1) is 0 Å². The van der Waals surface area contributed by atoms with E-state index in [1.807, 2.05) is 0 Å². The first-order valence-electron chi connectivity index (χ1n) is 5.91. The zero-order valence-corrected chi connectivity index (χ0v) is 10.9. The van der Waals surface area contributed by atoms with Gasteiger partial charge in [0.05, 0.1) is 6.42 Å². The molecule has 0 radical (unpaired) electrons. The number of anilines is 1. The van der Waals surface area contributed by atoms with Crippen LogP contribution in [-0.2, 0) is 24.4 Å². The lowest BCUT2D eigenvalue weighted by molar-refractivity contribution is -0.141. The molecular formula is C13H11F4N3O. The smallest absolute Gasteiger partial charge is 0.311 e. The number of rotatable bonds is 3. The van der Waals surface area contributed by atoms with Gasteiger partial charge in [-0.25, -0.2) is 4.39 Å². The normalized spacial score (nSPS) is 11.5. The molecule has 0 bridgehead atoms. The van der Waals surface area contributed by atoms with Gasteiger partial charge in [0, 0.05) is 13.1 Å². The van der Waals surface area contributed by atoms with Crippen LogP contribution in [0.4, 0.5) is 23.4 Å². The van der Waals surface area contributed by atoms with Crippen LogP contribution in [0.5, 0.6) is 0 Å². The molecule has 0 saturated carbocycles. The summed E-state index contributed by atoms with van der Waals surface area (Å²) in [7, 11) is 1.29. The Kier molecular flexibility index (Phi) is 3.97. The molecule has 1 aromatic carbocycles. The molecule has 0 atom stereocenters. The summed E-state index contributed by atoms with van der Waals surface area (Å²) in [4.78, 5) is 11.8. The molecule has 4 nitrogen and oxygen atoms in total. The van der Waals surface area contributed by atoms with E-state index in [0.29, 0.717) is 5.56 Å². The van der Waals surface area contributed by atoms with E-state index in [0.717, 1.165) is 10.7 Å². The number of amides is 1. The van der Waals surface area contributed by atoms with Gasteiger partial charge >= 0.3 is 6.18 Å². The van der Waals surface area contributed by atoms with Gasteiger partial charge in [-0.1, -0.05) is 12.1 Å². The third-order valence-electron chi connectivity index (χ3n) is 2.72. The fourth-order valence-electron chi connectivity index (χ4n) is 1.70. The molecule has 1 N–H and O–H groups in total. The van der Waals surface area contributed by atoms with Crippen LogP contribution in [-0.4, -0.2) is 15.7 Å².